The van der Waals surface area contributed by atoms with Gasteiger partial charge in [-0.25, -0.2) is 13.4 Å². The number of aromatic nitrogens is 2. The molecule has 0 aromatic carbocycles. The van der Waals surface area contributed by atoms with E-state index >= 15 is 0 Å². The number of imidazole rings is 1. The largest absolute Gasteiger partial charge is 0.333 e. The minimum absolute atomic E-state index is 0.212. The summed E-state index contributed by atoms with van der Waals surface area (Å²) in [6.07, 6.45) is 3.52. The van der Waals surface area contributed by atoms with E-state index in [4.69, 9.17) is 5.26 Å². The zero-order chi connectivity index (χ0) is 13.5. The van der Waals surface area contributed by atoms with Crippen LogP contribution in [0.25, 0.3) is 0 Å². The van der Waals surface area contributed by atoms with E-state index in [0.29, 0.717) is 18.0 Å². The average Bonchev–Trinajstić information content (AvgIpc) is 3.06. The van der Waals surface area contributed by atoms with Gasteiger partial charge in [-0.3, -0.25) is 0 Å². The number of rotatable bonds is 2. The molecule has 1 aliphatic heterocycles. The molecule has 0 saturated carbocycles. The monoisotopic (exact) mass is 294 g/mol. The first kappa shape index (κ1) is 12.3. The third kappa shape index (κ3) is 2.06. The van der Waals surface area contributed by atoms with Crippen LogP contribution in [-0.2, 0) is 23.1 Å². The van der Waals surface area contributed by atoms with Gasteiger partial charge in [-0.2, -0.15) is 9.57 Å². The van der Waals surface area contributed by atoms with Gasteiger partial charge in [0.25, 0.3) is 10.0 Å². The Kier molecular flexibility index (Phi) is 2.89. The summed E-state index contributed by atoms with van der Waals surface area (Å²) in [5.74, 6) is 0.742. The van der Waals surface area contributed by atoms with Gasteiger partial charge in [-0.1, -0.05) is 0 Å². The fourth-order valence-corrected chi connectivity index (χ4v) is 4.65. The highest BCUT2D eigenvalue weighted by atomic mass is 32.2. The van der Waals surface area contributed by atoms with E-state index in [1.807, 2.05) is 16.8 Å². The summed E-state index contributed by atoms with van der Waals surface area (Å²) < 4.78 is 28.4. The summed E-state index contributed by atoms with van der Waals surface area (Å²) >= 11 is 0.999. The maximum Gasteiger partial charge on any atom is 0.253 e. The summed E-state index contributed by atoms with van der Waals surface area (Å²) in [6, 6.07) is 4.97. The molecule has 0 saturated heterocycles. The lowest BCUT2D eigenvalue weighted by atomic mass is 10.4. The molecule has 98 valence electrons. The Morgan fingerprint density at radius 3 is 2.95 bits per heavy atom. The van der Waals surface area contributed by atoms with E-state index in [2.05, 4.69) is 4.98 Å². The number of thiophene rings is 1. The second-order valence-electron chi connectivity index (χ2n) is 4.11. The molecule has 6 nitrogen and oxygen atoms in total. The highest BCUT2D eigenvalue weighted by Gasteiger charge is 2.30. The number of nitrogens with zero attached hydrogens (tertiary/aromatic N) is 4. The molecular formula is C11H10N4O2S2. The van der Waals surface area contributed by atoms with Crippen LogP contribution in [0, 0.1) is 11.3 Å². The van der Waals surface area contributed by atoms with Gasteiger partial charge >= 0.3 is 0 Å². The Morgan fingerprint density at radius 1 is 1.37 bits per heavy atom. The second-order valence-corrected chi connectivity index (χ2v) is 7.35. The van der Waals surface area contributed by atoms with Gasteiger partial charge in [0.1, 0.15) is 21.0 Å². The van der Waals surface area contributed by atoms with Gasteiger partial charge in [0.05, 0.1) is 6.54 Å². The van der Waals surface area contributed by atoms with Gasteiger partial charge in [-0.15, -0.1) is 11.3 Å². The van der Waals surface area contributed by atoms with Crippen molar-refractivity contribution in [1.82, 2.24) is 13.9 Å². The van der Waals surface area contributed by atoms with E-state index in [9.17, 15) is 8.42 Å². The number of nitriles is 1. The smallest absolute Gasteiger partial charge is 0.253 e. The average molecular weight is 294 g/mol. The van der Waals surface area contributed by atoms with Gasteiger partial charge in [0.2, 0.25) is 0 Å². The first-order valence-corrected chi connectivity index (χ1v) is 7.87. The van der Waals surface area contributed by atoms with Crippen LogP contribution in [0.1, 0.15) is 10.7 Å². The van der Waals surface area contributed by atoms with Crippen LogP contribution < -0.4 is 0 Å². The van der Waals surface area contributed by atoms with Crippen LogP contribution in [0.4, 0.5) is 0 Å². The number of sulfonamides is 1. The number of fused-ring (bicyclic) bond motifs is 1. The summed E-state index contributed by atoms with van der Waals surface area (Å²) in [4.78, 5) is 4.54. The molecule has 19 heavy (non-hydrogen) atoms. The molecule has 0 atom stereocenters. The molecule has 0 unspecified atom stereocenters. The van der Waals surface area contributed by atoms with Crippen LogP contribution in [0.3, 0.4) is 0 Å². The third-order valence-electron chi connectivity index (χ3n) is 3.00. The first-order chi connectivity index (χ1) is 9.11. The van der Waals surface area contributed by atoms with E-state index in [1.54, 1.807) is 6.20 Å². The van der Waals surface area contributed by atoms with Crippen molar-refractivity contribution in [2.45, 2.75) is 17.3 Å². The molecule has 0 amide bonds. The van der Waals surface area contributed by atoms with E-state index in [0.717, 1.165) is 17.2 Å². The minimum Gasteiger partial charge on any atom is -0.333 e. The van der Waals surface area contributed by atoms with Crippen molar-refractivity contribution in [2.75, 3.05) is 6.54 Å². The van der Waals surface area contributed by atoms with Crippen molar-refractivity contribution in [1.29, 1.82) is 5.26 Å². The lowest BCUT2D eigenvalue weighted by Gasteiger charge is -2.26. The molecular weight excluding hydrogens is 284 g/mol. The highest BCUT2D eigenvalue weighted by Crippen LogP contribution is 2.26. The van der Waals surface area contributed by atoms with Crippen LogP contribution >= 0.6 is 11.3 Å². The van der Waals surface area contributed by atoms with E-state index in [-0.39, 0.29) is 10.8 Å². The molecule has 2 aromatic rings. The van der Waals surface area contributed by atoms with Gasteiger partial charge < -0.3 is 4.57 Å². The normalized spacial score (nSPS) is 15.9. The Balaban J connectivity index is 1.92. The summed E-state index contributed by atoms with van der Waals surface area (Å²) in [5.41, 5.74) is 0. The van der Waals surface area contributed by atoms with Crippen LogP contribution in [0.15, 0.2) is 28.7 Å². The van der Waals surface area contributed by atoms with E-state index in [1.165, 1.54) is 16.4 Å². The molecule has 8 heteroatoms. The van der Waals surface area contributed by atoms with Crippen molar-refractivity contribution in [2.24, 2.45) is 0 Å². The summed E-state index contributed by atoms with van der Waals surface area (Å²) in [6.45, 7) is 1.30. The predicted molar refractivity (Wildman–Crippen MR) is 68.9 cm³/mol. The molecule has 1 aliphatic rings. The van der Waals surface area contributed by atoms with Crippen molar-refractivity contribution >= 4 is 21.4 Å². The molecule has 2 aromatic heterocycles. The topological polar surface area (TPSA) is 79.0 Å². The van der Waals surface area contributed by atoms with Crippen LogP contribution in [0.2, 0.25) is 0 Å². The lowest BCUT2D eigenvalue weighted by Crippen LogP contribution is -2.37. The first-order valence-electron chi connectivity index (χ1n) is 5.61. The molecule has 3 heterocycles. The van der Waals surface area contributed by atoms with Crippen molar-refractivity contribution in [3.05, 3.63) is 35.2 Å². The Labute approximate surface area is 114 Å². The molecule has 0 fully saturated rings. The molecule has 0 bridgehead atoms. The highest BCUT2D eigenvalue weighted by molar-refractivity contribution is 7.91. The van der Waals surface area contributed by atoms with Crippen molar-refractivity contribution in [3.8, 4) is 6.07 Å². The maximum atomic E-state index is 12.4. The van der Waals surface area contributed by atoms with Gasteiger partial charge in [0, 0.05) is 25.5 Å². The van der Waals surface area contributed by atoms with E-state index < -0.39 is 10.0 Å². The summed E-state index contributed by atoms with van der Waals surface area (Å²) in [7, 11) is -3.52. The SMILES string of the molecule is N#Cc1ccc(S(=O)(=O)N2CCn3ccnc3C2)s1. The Morgan fingerprint density at radius 2 is 2.21 bits per heavy atom. The van der Waals surface area contributed by atoms with Crippen molar-refractivity contribution < 1.29 is 8.42 Å². The lowest BCUT2D eigenvalue weighted by molar-refractivity contribution is 0.336. The Bertz CT molecular complexity index is 754. The number of hydrogen-bond donors (Lipinski definition) is 0. The standard InChI is InChI=1S/C11H10N4O2S2/c12-7-9-1-2-11(18-9)19(16,17)15-6-5-14-4-3-13-10(14)8-15/h1-4H,5-6,8H2. The Hall–Kier alpha value is -1.69. The minimum atomic E-state index is -3.52. The van der Waals surface area contributed by atoms with Gasteiger partial charge in [0.15, 0.2) is 0 Å². The quantitative estimate of drug-likeness (QED) is 0.828. The van der Waals surface area contributed by atoms with Crippen molar-refractivity contribution in [3.63, 3.8) is 0 Å². The zero-order valence-corrected chi connectivity index (χ0v) is 11.5. The third-order valence-corrected chi connectivity index (χ3v) is 6.30. The number of hydrogen-bond acceptors (Lipinski definition) is 5. The molecule has 0 spiro atoms. The molecule has 0 N–H and O–H groups in total. The van der Waals surface area contributed by atoms with Gasteiger partial charge in [-0.05, 0) is 12.1 Å². The fourth-order valence-electron chi connectivity index (χ4n) is 2.00. The molecule has 0 radical (unpaired) electrons. The zero-order valence-electron chi connectivity index (χ0n) is 9.85. The fraction of sp³-hybridized carbons (Fsp3) is 0.273. The molecule has 0 aliphatic carbocycles. The predicted octanol–water partition coefficient (Wildman–Crippen LogP) is 1.02. The maximum absolute atomic E-state index is 12.4. The van der Waals surface area contributed by atoms with Crippen LogP contribution in [-0.4, -0.2) is 28.8 Å². The summed E-state index contributed by atoms with van der Waals surface area (Å²) in [5, 5.41) is 8.77. The molecule has 3 rings (SSSR count). The second kappa shape index (κ2) is 4.45. The van der Waals surface area contributed by atoms with Crippen LogP contribution in [0.5, 0.6) is 0 Å².